The second-order valence-corrected chi connectivity index (χ2v) is 6.42. The molecule has 0 aromatic heterocycles. The number of rotatable bonds is 4. The van der Waals surface area contributed by atoms with Crippen molar-refractivity contribution < 1.29 is 14.3 Å². The van der Waals surface area contributed by atoms with Crippen LogP contribution in [0.15, 0.2) is 42.5 Å². The Balaban J connectivity index is 1.27. The third kappa shape index (κ3) is 3.55. The fraction of sp³-hybridized carbons (Fsp3) is 0.350. The molecule has 2 amide bonds. The molecule has 130 valence electrons. The molecule has 2 N–H and O–H groups in total. The van der Waals surface area contributed by atoms with Crippen LogP contribution in [0.25, 0.3) is 0 Å². The van der Waals surface area contributed by atoms with Crippen LogP contribution in [-0.4, -0.2) is 25.8 Å². The highest BCUT2D eigenvalue weighted by atomic mass is 16.6. The predicted octanol–water partition coefficient (Wildman–Crippen LogP) is 2.99. The third-order valence-electron chi connectivity index (χ3n) is 4.74. The first kappa shape index (κ1) is 15.8. The van der Waals surface area contributed by atoms with Gasteiger partial charge < -0.3 is 20.1 Å². The van der Waals surface area contributed by atoms with E-state index < -0.39 is 0 Å². The molecule has 1 unspecified atom stereocenters. The molecule has 2 aromatic rings. The van der Waals surface area contributed by atoms with Crippen LogP contribution in [0.5, 0.6) is 11.5 Å². The highest BCUT2D eigenvalue weighted by Gasteiger charge is 2.23. The Bertz CT molecular complexity index is 775. The normalized spacial score (nSPS) is 17.7. The molecule has 0 bridgehead atoms. The molecule has 0 saturated carbocycles. The van der Waals surface area contributed by atoms with Gasteiger partial charge in [0.25, 0.3) is 0 Å². The first-order valence-corrected chi connectivity index (χ1v) is 8.80. The van der Waals surface area contributed by atoms with Gasteiger partial charge in [-0.3, -0.25) is 0 Å². The van der Waals surface area contributed by atoms with Crippen LogP contribution in [0.2, 0.25) is 0 Å². The van der Waals surface area contributed by atoms with Crippen molar-refractivity contribution in [3.05, 3.63) is 59.2 Å². The van der Waals surface area contributed by atoms with Gasteiger partial charge in [-0.2, -0.15) is 0 Å². The quantitative estimate of drug-likeness (QED) is 0.901. The van der Waals surface area contributed by atoms with Gasteiger partial charge in [0.1, 0.15) is 13.2 Å². The van der Waals surface area contributed by atoms with Crippen molar-refractivity contribution in [3.8, 4) is 11.5 Å². The Hall–Kier alpha value is -2.69. The second-order valence-electron chi connectivity index (χ2n) is 6.42. The van der Waals surface area contributed by atoms with Crippen molar-refractivity contribution in [1.82, 2.24) is 10.6 Å². The van der Waals surface area contributed by atoms with E-state index in [0.29, 0.717) is 19.8 Å². The van der Waals surface area contributed by atoms with E-state index >= 15 is 0 Å². The lowest BCUT2D eigenvalue weighted by Gasteiger charge is -2.19. The van der Waals surface area contributed by atoms with Gasteiger partial charge in [-0.1, -0.05) is 30.3 Å². The van der Waals surface area contributed by atoms with E-state index in [0.717, 1.165) is 36.3 Å². The van der Waals surface area contributed by atoms with E-state index in [1.807, 2.05) is 24.3 Å². The van der Waals surface area contributed by atoms with E-state index in [9.17, 15) is 4.79 Å². The van der Waals surface area contributed by atoms with E-state index in [2.05, 4.69) is 28.8 Å². The summed E-state index contributed by atoms with van der Waals surface area (Å²) in [7, 11) is 0. The largest absolute Gasteiger partial charge is 0.486 e. The van der Waals surface area contributed by atoms with Crippen LogP contribution in [0.1, 0.15) is 29.2 Å². The number of fused-ring (bicyclic) bond motifs is 2. The molecule has 2 aliphatic rings. The second kappa shape index (κ2) is 7.05. The molecule has 25 heavy (non-hydrogen) atoms. The van der Waals surface area contributed by atoms with Crippen molar-refractivity contribution in [3.63, 3.8) is 0 Å². The average molecular weight is 338 g/mol. The highest BCUT2D eigenvalue weighted by molar-refractivity contribution is 5.74. The Morgan fingerprint density at radius 3 is 2.84 bits per heavy atom. The molecule has 2 aromatic carbocycles. The molecule has 0 radical (unpaired) electrons. The maximum Gasteiger partial charge on any atom is 0.315 e. The number of ether oxygens (including phenoxy) is 2. The molecule has 5 heteroatoms. The lowest BCUT2D eigenvalue weighted by Crippen LogP contribution is -2.38. The predicted molar refractivity (Wildman–Crippen MR) is 95.2 cm³/mol. The van der Waals surface area contributed by atoms with Crippen LogP contribution in [0.4, 0.5) is 4.79 Å². The number of hydrogen-bond donors (Lipinski definition) is 2. The van der Waals surface area contributed by atoms with Gasteiger partial charge in [0.15, 0.2) is 11.5 Å². The lowest BCUT2D eigenvalue weighted by molar-refractivity contribution is 0.171. The maximum absolute atomic E-state index is 12.2. The van der Waals surface area contributed by atoms with Gasteiger partial charge in [-0.25, -0.2) is 4.79 Å². The fourth-order valence-corrected chi connectivity index (χ4v) is 3.48. The SMILES string of the molecule is O=C(NCCc1ccc2c(c1)OCCO2)NC1CCc2ccccc21. The number of amides is 2. The minimum absolute atomic E-state index is 0.112. The fourth-order valence-electron chi connectivity index (χ4n) is 3.48. The monoisotopic (exact) mass is 338 g/mol. The lowest BCUT2D eigenvalue weighted by atomic mass is 10.1. The summed E-state index contributed by atoms with van der Waals surface area (Å²) in [6.45, 7) is 1.76. The number of hydrogen-bond acceptors (Lipinski definition) is 3. The molecule has 5 nitrogen and oxygen atoms in total. The van der Waals surface area contributed by atoms with Crippen LogP contribution >= 0.6 is 0 Å². The Morgan fingerprint density at radius 2 is 1.92 bits per heavy atom. The molecule has 4 rings (SSSR count). The molecule has 1 atom stereocenters. The highest BCUT2D eigenvalue weighted by Crippen LogP contribution is 2.31. The van der Waals surface area contributed by atoms with Crippen LogP contribution in [-0.2, 0) is 12.8 Å². The Kier molecular flexibility index (Phi) is 4.46. The van der Waals surface area contributed by atoms with Crippen LogP contribution < -0.4 is 20.1 Å². The van der Waals surface area contributed by atoms with Gasteiger partial charge in [0.2, 0.25) is 0 Å². The van der Waals surface area contributed by atoms with Crippen molar-refractivity contribution in [2.75, 3.05) is 19.8 Å². The first-order chi connectivity index (χ1) is 12.3. The minimum atomic E-state index is -0.112. The summed E-state index contributed by atoms with van der Waals surface area (Å²) in [6.07, 6.45) is 2.75. The first-order valence-electron chi connectivity index (χ1n) is 8.80. The Morgan fingerprint density at radius 1 is 1.08 bits per heavy atom. The van der Waals surface area contributed by atoms with E-state index in [4.69, 9.17) is 9.47 Å². The average Bonchev–Trinajstić information content (AvgIpc) is 3.05. The topological polar surface area (TPSA) is 59.6 Å². The number of carbonyl (C=O) groups is 1. The van der Waals surface area contributed by atoms with Crippen molar-refractivity contribution in [2.24, 2.45) is 0 Å². The number of nitrogens with one attached hydrogen (secondary N) is 2. The maximum atomic E-state index is 12.2. The van der Waals surface area contributed by atoms with Gasteiger partial charge in [-0.05, 0) is 48.1 Å². The zero-order valence-corrected chi connectivity index (χ0v) is 14.1. The van der Waals surface area contributed by atoms with Gasteiger partial charge in [-0.15, -0.1) is 0 Å². The summed E-state index contributed by atoms with van der Waals surface area (Å²) in [5, 5.41) is 6.02. The summed E-state index contributed by atoms with van der Waals surface area (Å²) in [4.78, 5) is 12.2. The number of carbonyl (C=O) groups excluding carboxylic acids is 1. The zero-order valence-electron chi connectivity index (χ0n) is 14.1. The number of aryl methyl sites for hydroxylation is 1. The molecular weight excluding hydrogens is 316 g/mol. The van der Waals surface area contributed by atoms with Crippen molar-refractivity contribution >= 4 is 6.03 Å². The zero-order chi connectivity index (χ0) is 17.1. The van der Waals surface area contributed by atoms with E-state index in [-0.39, 0.29) is 12.1 Å². The van der Waals surface area contributed by atoms with Crippen molar-refractivity contribution in [2.45, 2.75) is 25.3 Å². The van der Waals surface area contributed by atoms with E-state index in [1.54, 1.807) is 0 Å². The van der Waals surface area contributed by atoms with Gasteiger partial charge >= 0.3 is 6.03 Å². The summed E-state index contributed by atoms with van der Waals surface area (Å²) < 4.78 is 11.1. The van der Waals surface area contributed by atoms with Crippen LogP contribution in [0, 0.1) is 0 Å². The minimum Gasteiger partial charge on any atom is -0.486 e. The molecule has 0 spiro atoms. The van der Waals surface area contributed by atoms with Gasteiger partial charge in [0.05, 0.1) is 6.04 Å². The molecule has 0 saturated heterocycles. The summed E-state index contributed by atoms with van der Waals surface area (Å²) >= 11 is 0. The van der Waals surface area contributed by atoms with Gasteiger partial charge in [0, 0.05) is 6.54 Å². The van der Waals surface area contributed by atoms with Crippen molar-refractivity contribution in [1.29, 1.82) is 0 Å². The van der Waals surface area contributed by atoms with E-state index in [1.165, 1.54) is 11.1 Å². The molecule has 0 fully saturated rings. The molecule has 1 aliphatic carbocycles. The number of benzene rings is 2. The third-order valence-corrected chi connectivity index (χ3v) is 4.74. The number of urea groups is 1. The summed E-state index contributed by atoms with van der Waals surface area (Å²) in [5.74, 6) is 1.58. The summed E-state index contributed by atoms with van der Waals surface area (Å²) in [5.41, 5.74) is 3.70. The molecule has 1 aliphatic heterocycles. The summed E-state index contributed by atoms with van der Waals surface area (Å²) in [6, 6.07) is 14.2. The molecular formula is C20H22N2O3. The smallest absolute Gasteiger partial charge is 0.315 e. The van der Waals surface area contributed by atoms with Crippen LogP contribution in [0.3, 0.4) is 0 Å². The standard InChI is InChI=1S/C20H22N2O3/c23-20(22-17-7-6-15-3-1-2-4-16(15)17)21-10-9-14-5-8-18-19(13-14)25-12-11-24-18/h1-5,8,13,17H,6-7,9-12H2,(H2,21,22,23). The molecule has 1 heterocycles. The Labute approximate surface area is 147 Å².